The van der Waals surface area contributed by atoms with Crippen molar-refractivity contribution in [2.24, 2.45) is 16.6 Å². The molecule has 0 aliphatic heterocycles. The van der Waals surface area contributed by atoms with Gasteiger partial charge in [0.2, 0.25) is 0 Å². The van der Waals surface area contributed by atoms with Crippen molar-refractivity contribution in [2.75, 3.05) is 13.1 Å². The van der Waals surface area contributed by atoms with Crippen molar-refractivity contribution in [1.82, 2.24) is 5.32 Å². The fraction of sp³-hybridized carbons (Fsp3) is 0.500. The van der Waals surface area contributed by atoms with Gasteiger partial charge in [-0.1, -0.05) is 35.7 Å². The Balaban J connectivity index is 1.88. The number of nitrogens with one attached hydrogen (secondary N) is 1. The second-order valence-corrected chi connectivity index (χ2v) is 5.87. The molecule has 0 amide bonds. The van der Waals surface area contributed by atoms with Crippen LogP contribution in [0.4, 0.5) is 0 Å². The number of benzene rings is 1. The van der Waals surface area contributed by atoms with Crippen molar-refractivity contribution in [3.63, 3.8) is 0 Å². The number of nitrogens with zero attached hydrogens (tertiary/aromatic N) is 1. The highest BCUT2D eigenvalue weighted by atomic mass is 35.5. The van der Waals surface area contributed by atoms with Crippen LogP contribution < -0.4 is 11.1 Å². The maximum atomic E-state index is 10.1. The lowest BCUT2D eigenvalue weighted by atomic mass is 9.85. The Bertz CT molecular complexity index is 469. The highest BCUT2D eigenvalue weighted by molar-refractivity contribution is 6.36. The Morgan fingerprint density at radius 1 is 1.40 bits per heavy atom. The predicted octanol–water partition coefficient (Wildman–Crippen LogP) is 2.73. The van der Waals surface area contributed by atoms with Gasteiger partial charge < -0.3 is 16.2 Å². The van der Waals surface area contributed by atoms with E-state index in [2.05, 4.69) is 10.3 Å². The molecule has 4 nitrogen and oxygen atoms in total. The number of hydrogen-bond acceptors (Lipinski definition) is 2. The van der Waals surface area contributed by atoms with Crippen LogP contribution in [-0.2, 0) is 0 Å². The quantitative estimate of drug-likeness (QED) is 0.578. The van der Waals surface area contributed by atoms with Crippen LogP contribution in [-0.4, -0.2) is 24.2 Å². The molecule has 1 aliphatic carbocycles. The summed E-state index contributed by atoms with van der Waals surface area (Å²) in [7, 11) is 0. The van der Waals surface area contributed by atoms with E-state index in [4.69, 9.17) is 28.9 Å². The third-order valence-electron chi connectivity index (χ3n) is 3.56. The minimum Gasteiger partial charge on any atom is -0.386 e. The first-order valence-electron chi connectivity index (χ1n) is 6.73. The Morgan fingerprint density at radius 2 is 2.05 bits per heavy atom. The van der Waals surface area contributed by atoms with Gasteiger partial charge in [0.05, 0.1) is 6.54 Å². The third-order valence-corrected chi connectivity index (χ3v) is 4.22. The monoisotopic (exact) mass is 315 g/mol. The van der Waals surface area contributed by atoms with E-state index in [1.54, 1.807) is 18.2 Å². The molecule has 20 heavy (non-hydrogen) atoms. The Morgan fingerprint density at radius 3 is 2.60 bits per heavy atom. The van der Waals surface area contributed by atoms with Crippen molar-refractivity contribution >= 4 is 29.2 Å². The van der Waals surface area contributed by atoms with E-state index < -0.39 is 6.10 Å². The van der Waals surface area contributed by atoms with Crippen LogP contribution >= 0.6 is 23.2 Å². The largest absolute Gasteiger partial charge is 0.386 e. The first-order valence-corrected chi connectivity index (χ1v) is 7.49. The lowest BCUT2D eigenvalue weighted by Crippen LogP contribution is -2.37. The molecule has 0 bridgehead atoms. The molecule has 1 aliphatic rings. The topological polar surface area (TPSA) is 70.6 Å². The number of hydrogen-bond donors (Lipinski definition) is 3. The van der Waals surface area contributed by atoms with Gasteiger partial charge in [-0.2, -0.15) is 0 Å². The van der Waals surface area contributed by atoms with Crippen molar-refractivity contribution in [1.29, 1.82) is 0 Å². The number of rotatable bonds is 5. The highest BCUT2D eigenvalue weighted by Gasteiger charge is 2.17. The van der Waals surface area contributed by atoms with Crippen molar-refractivity contribution in [3.05, 3.63) is 33.8 Å². The lowest BCUT2D eigenvalue weighted by Gasteiger charge is -2.25. The van der Waals surface area contributed by atoms with Gasteiger partial charge in [0.1, 0.15) is 6.10 Å². The van der Waals surface area contributed by atoms with Gasteiger partial charge in [-0.05, 0) is 30.9 Å². The van der Waals surface area contributed by atoms with E-state index in [9.17, 15) is 5.11 Å². The molecule has 1 saturated carbocycles. The maximum Gasteiger partial charge on any atom is 0.188 e. The number of aliphatic hydroxyl groups excluding tert-OH is 1. The molecule has 6 heteroatoms. The Labute approximate surface area is 129 Å². The molecule has 4 N–H and O–H groups in total. The van der Waals surface area contributed by atoms with Gasteiger partial charge in [-0.15, -0.1) is 0 Å². The molecule has 0 heterocycles. The summed E-state index contributed by atoms with van der Waals surface area (Å²) in [6.07, 6.45) is 2.93. The number of aliphatic hydroxyl groups is 1. The smallest absolute Gasteiger partial charge is 0.188 e. The average Bonchev–Trinajstić information content (AvgIpc) is 2.34. The zero-order valence-corrected chi connectivity index (χ0v) is 12.7. The zero-order chi connectivity index (χ0) is 14.5. The molecule has 1 unspecified atom stereocenters. The SMILES string of the molecule is NC(=NCC(O)c1c(Cl)cccc1Cl)NCC1CCC1. The van der Waals surface area contributed by atoms with Gasteiger partial charge in [0.15, 0.2) is 5.96 Å². The summed E-state index contributed by atoms with van der Waals surface area (Å²) in [4.78, 5) is 4.13. The van der Waals surface area contributed by atoms with E-state index in [0.717, 1.165) is 6.54 Å². The van der Waals surface area contributed by atoms with Crippen LogP contribution in [0.5, 0.6) is 0 Å². The number of halogens is 2. The molecule has 0 saturated heterocycles. The Hall–Kier alpha value is -0.970. The fourth-order valence-electron chi connectivity index (χ4n) is 2.11. The summed E-state index contributed by atoms with van der Waals surface area (Å²) < 4.78 is 0. The number of guanidine groups is 1. The molecule has 0 radical (unpaired) electrons. The third kappa shape index (κ3) is 4.01. The van der Waals surface area contributed by atoms with E-state index in [1.165, 1.54) is 19.3 Å². The highest BCUT2D eigenvalue weighted by Crippen LogP contribution is 2.30. The van der Waals surface area contributed by atoms with Crippen LogP contribution in [0.15, 0.2) is 23.2 Å². The molecule has 110 valence electrons. The van der Waals surface area contributed by atoms with Crippen molar-refractivity contribution < 1.29 is 5.11 Å². The molecule has 1 atom stereocenters. The van der Waals surface area contributed by atoms with Crippen LogP contribution in [0, 0.1) is 5.92 Å². The van der Waals surface area contributed by atoms with E-state index in [-0.39, 0.29) is 6.54 Å². The molecule has 1 aromatic carbocycles. The molecule has 0 aromatic heterocycles. The van der Waals surface area contributed by atoms with Gasteiger partial charge in [0, 0.05) is 22.2 Å². The Kier molecular flexibility index (Phi) is 5.52. The molecule has 1 aromatic rings. The predicted molar refractivity (Wildman–Crippen MR) is 83.3 cm³/mol. The van der Waals surface area contributed by atoms with Crippen LogP contribution in [0.25, 0.3) is 0 Å². The normalized spacial score (nSPS) is 17.6. The van der Waals surface area contributed by atoms with E-state index >= 15 is 0 Å². The molecule has 1 fully saturated rings. The first kappa shape index (κ1) is 15.4. The minimum atomic E-state index is -0.861. The summed E-state index contributed by atoms with van der Waals surface area (Å²) in [5.41, 5.74) is 6.26. The summed E-state index contributed by atoms with van der Waals surface area (Å²) in [5, 5.41) is 14.0. The molecule has 0 spiro atoms. The molecular formula is C14H19Cl2N3O. The van der Waals surface area contributed by atoms with Gasteiger partial charge in [-0.3, -0.25) is 4.99 Å². The average molecular weight is 316 g/mol. The van der Waals surface area contributed by atoms with Crippen LogP contribution in [0.1, 0.15) is 30.9 Å². The first-order chi connectivity index (χ1) is 9.58. The molecular weight excluding hydrogens is 297 g/mol. The number of nitrogens with two attached hydrogens (primary N) is 1. The minimum absolute atomic E-state index is 0.132. The van der Waals surface area contributed by atoms with Gasteiger partial charge >= 0.3 is 0 Å². The molecule has 2 rings (SSSR count). The summed E-state index contributed by atoms with van der Waals surface area (Å²) in [6.45, 7) is 0.977. The van der Waals surface area contributed by atoms with Crippen LogP contribution in [0.3, 0.4) is 0 Å². The number of aliphatic imine (C=N–C) groups is 1. The lowest BCUT2D eigenvalue weighted by molar-refractivity contribution is 0.187. The van der Waals surface area contributed by atoms with Gasteiger partial charge in [0.25, 0.3) is 0 Å². The second kappa shape index (κ2) is 7.16. The standard InChI is InChI=1S/C14H19Cl2N3O/c15-10-5-2-6-11(16)13(10)12(20)8-19-14(17)18-7-9-3-1-4-9/h2,5-6,9,12,20H,1,3-4,7-8H2,(H3,17,18,19). The van der Waals surface area contributed by atoms with Crippen molar-refractivity contribution in [2.45, 2.75) is 25.4 Å². The summed E-state index contributed by atoms with van der Waals surface area (Å²) in [5.74, 6) is 1.05. The summed E-state index contributed by atoms with van der Waals surface area (Å²) in [6, 6.07) is 5.11. The van der Waals surface area contributed by atoms with E-state index in [1.807, 2.05) is 0 Å². The van der Waals surface area contributed by atoms with Crippen molar-refractivity contribution in [3.8, 4) is 0 Å². The van der Waals surface area contributed by atoms with Crippen LogP contribution in [0.2, 0.25) is 10.0 Å². The zero-order valence-electron chi connectivity index (χ0n) is 11.1. The van der Waals surface area contributed by atoms with E-state index in [0.29, 0.717) is 27.5 Å². The fourth-order valence-corrected chi connectivity index (χ4v) is 2.76. The summed E-state index contributed by atoms with van der Waals surface area (Å²) >= 11 is 12.1. The maximum absolute atomic E-state index is 10.1. The van der Waals surface area contributed by atoms with Gasteiger partial charge in [-0.25, -0.2) is 0 Å². The second-order valence-electron chi connectivity index (χ2n) is 5.05.